The van der Waals surface area contributed by atoms with Crippen LogP contribution in [0.2, 0.25) is 6.04 Å². The third kappa shape index (κ3) is 8.80. The molecular weight excluding hydrogens is 370 g/mol. The highest BCUT2D eigenvalue weighted by Crippen LogP contribution is 2.20. The number of rotatable bonds is 16. The predicted molar refractivity (Wildman–Crippen MR) is 105 cm³/mol. The number of aromatic nitrogens is 3. The maximum Gasteiger partial charge on any atom is 0.500 e. The van der Waals surface area contributed by atoms with Crippen LogP contribution in [0.5, 0.6) is 0 Å². The summed E-state index contributed by atoms with van der Waals surface area (Å²) in [6.45, 7) is 7.47. The van der Waals surface area contributed by atoms with Crippen molar-refractivity contribution in [1.29, 1.82) is 0 Å². The molecule has 0 aliphatic rings. The molecule has 11 heteroatoms. The van der Waals surface area contributed by atoms with Crippen LogP contribution in [0.4, 0.5) is 11.9 Å². The third-order valence-electron chi connectivity index (χ3n) is 3.71. The van der Waals surface area contributed by atoms with Gasteiger partial charge in [-0.1, -0.05) is 0 Å². The summed E-state index contributed by atoms with van der Waals surface area (Å²) in [5.41, 5.74) is 0. The van der Waals surface area contributed by atoms with Gasteiger partial charge >= 0.3 is 8.80 Å². The lowest BCUT2D eigenvalue weighted by Crippen LogP contribution is -2.46. The van der Waals surface area contributed by atoms with Crippen LogP contribution in [-0.4, -0.2) is 74.4 Å². The number of ketones is 1. The topological polar surface area (TPSA) is 131 Å². The molecule has 0 spiro atoms. The molecule has 0 saturated heterocycles. The molecule has 1 aromatic heterocycles. The Morgan fingerprint density at radius 2 is 1.85 bits per heavy atom. The molecule has 0 bridgehead atoms. The van der Waals surface area contributed by atoms with Crippen molar-refractivity contribution >= 4 is 26.5 Å². The van der Waals surface area contributed by atoms with E-state index in [-0.39, 0.29) is 18.7 Å². The van der Waals surface area contributed by atoms with E-state index in [1.54, 1.807) is 7.05 Å². The molecule has 0 amide bonds. The first-order chi connectivity index (χ1) is 13.0. The Hall–Kier alpha value is -1.53. The summed E-state index contributed by atoms with van der Waals surface area (Å²) < 4.78 is 17.3. The number of aromatic amines is 1. The number of anilines is 2. The largest absolute Gasteiger partial charge is 0.500 e. The average molecular weight is 404 g/mol. The van der Waals surface area contributed by atoms with Gasteiger partial charge in [-0.05, 0) is 27.2 Å². The molecule has 0 aliphatic heterocycles. The number of aliphatic hydroxyl groups excluding tert-OH is 1. The molecule has 1 unspecified atom stereocenters. The summed E-state index contributed by atoms with van der Waals surface area (Å²) in [7, 11) is -1.01. The molecule has 0 aromatic carbocycles. The van der Waals surface area contributed by atoms with Crippen molar-refractivity contribution in [2.45, 2.75) is 52.2 Å². The van der Waals surface area contributed by atoms with Gasteiger partial charge in [0, 0.05) is 52.3 Å². The number of Topliss-reactive ketones (excluding diaryl/α,β-unsaturated/α-hetero) is 1. The number of nitrogens with zero attached hydrogens (tertiary/aromatic N) is 2. The Bertz CT molecular complexity index is 528. The third-order valence-corrected chi connectivity index (χ3v) is 6.86. The van der Waals surface area contributed by atoms with Gasteiger partial charge in [-0.2, -0.15) is 4.98 Å². The van der Waals surface area contributed by atoms with Crippen LogP contribution in [0.15, 0.2) is 0 Å². The number of nitrogens with one attached hydrogen (secondary N) is 3. The summed E-state index contributed by atoms with van der Waals surface area (Å²) in [6, 6.07) is 0.591. The molecule has 0 aliphatic carbocycles. The summed E-state index contributed by atoms with van der Waals surface area (Å²) >= 11 is 0. The first kappa shape index (κ1) is 23.5. The molecule has 10 nitrogen and oxygen atoms in total. The van der Waals surface area contributed by atoms with E-state index in [1.807, 2.05) is 20.8 Å². The zero-order valence-corrected chi connectivity index (χ0v) is 17.7. The zero-order valence-electron chi connectivity index (χ0n) is 16.7. The highest BCUT2D eigenvalue weighted by Gasteiger charge is 2.39. The van der Waals surface area contributed by atoms with Crippen LogP contribution in [-0.2, 0) is 18.1 Å². The monoisotopic (exact) mass is 403 g/mol. The Morgan fingerprint density at radius 3 is 2.37 bits per heavy atom. The number of H-pyrrole nitrogens is 1. The van der Waals surface area contributed by atoms with Gasteiger partial charge in [-0.3, -0.25) is 4.79 Å². The minimum absolute atomic E-state index is 0.00909. The summed E-state index contributed by atoms with van der Waals surface area (Å²) in [5, 5.41) is 22.3. The number of hydrogen-bond acceptors (Lipinski definition) is 9. The van der Waals surface area contributed by atoms with Crippen molar-refractivity contribution in [3.8, 4) is 0 Å². The number of carbonyl (C=O) groups excluding carboxylic acids is 1. The molecule has 0 saturated carbocycles. The van der Waals surface area contributed by atoms with Crippen molar-refractivity contribution in [2.24, 2.45) is 0 Å². The molecule has 4 N–H and O–H groups in total. The van der Waals surface area contributed by atoms with Crippen LogP contribution in [0.3, 0.4) is 0 Å². The van der Waals surface area contributed by atoms with Crippen molar-refractivity contribution in [2.75, 3.05) is 44.0 Å². The maximum atomic E-state index is 12.1. The molecule has 1 rings (SSSR count). The Labute approximate surface area is 161 Å². The summed E-state index contributed by atoms with van der Waals surface area (Å²) in [4.78, 5) is 16.2. The van der Waals surface area contributed by atoms with E-state index in [0.29, 0.717) is 50.6 Å². The second-order valence-electron chi connectivity index (χ2n) is 5.87. The summed E-state index contributed by atoms with van der Waals surface area (Å²) in [5.74, 6) is 0.880. The van der Waals surface area contributed by atoms with Gasteiger partial charge in [0.05, 0.1) is 6.10 Å². The van der Waals surface area contributed by atoms with Crippen molar-refractivity contribution < 1.29 is 23.2 Å². The van der Waals surface area contributed by atoms with E-state index in [9.17, 15) is 9.90 Å². The fourth-order valence-corrected chi connectivity index (χ4v) is 5.22. The molecule has 1 heterocycles. The standard InChI is InChI=1S/C16H33N5O5Si/c1-5-24-27(25-6-2,26-7-3)10-8-9-13(22)11-14(23)12-18-16-19-15(17-4)20-21-16/h14,23H,5-12H2,1-4H3,(H3,17,18,19,20,21). The predicted octanol–water partition coefficient (Wildman–Crippen LogP) is 1.41. The van der Waals surface area contributed by atoms with E-state index in [2.05, 4.69) is 25.8 Å². The Balaban J connectivity index is 2.35. The smallest absolute Gasteiger partial charge is 0.391 e. The molecule has 1 atom stereocenters. The zero-order chi connectivity index (χ0) is 20.1. The number of aliphatic hydroxyl groups is 1. The van der Waals surface area contributed by atoms with Gasteiger partial charge in [0.25, 0.3) is 0 Å². The fraction of sp³-hybridized carbons (Fsp3) is 0.812. The van der Waals surface area contributed by atoms with Crippen molar-refractivity contribution in [3.63, 3.8) is 0 Å². The van der Waals surface area contributed by atoms with Crippen LogP contribution in [0.25, 0.3) is 0 Å². The number of carbonyl (C=O) groups is 1. The first-order valence-corrected chi connectivity index (χ1v) is 11.4. The molecule has 0 fully saturated rings. The van der Waals surface area contributed by atoms with Crippen molar-refractivity contribution in [1.82, 2.24) is 15.2 Å². The van der Waals surface area contributed by atoms with Gasteiger partial charge in [0.1, 0.15) is 5.78 Å². The van der Waals surface area contributed by atoms with Gasteiger partial charge in [0.2, 0.25) is 11.9 Å². The molecule has 0 radical (unpaired) electrons. The van der Waals surface area contributed by atoms with Gasteiger partial charge in [0.15, 0.2) is 0 Å². The second kappa shape index (κ2) is 12.8. The highest BCUT2D eigenvalue weighted by molar-refractivity contribution is 6.60. The van der Waals surface area contributed by atoms with E-state index in [1.165, 1.54) is 0 Å². The summed E-state index contributed by atoms with van der Waals surface area (Å²) in [6.07, 6.45) is 0.240. The Kier molecular flexibility index (Phi) is 11.1. The van der Waals surface area contributed by atoms with Gasteiger partial charge in [-0.25, -0.2) is 5.10 Å². The highest BCUT2D eigenvalue weighted by atomic mass is 28.4. The second-order valence-corrected chi connectivity index (χ2v) is 8.60. The lowest BCUT2D eigenvalue weighted by atomic mass is 10.1. The SMILES string of the molecule is CCO[Si](CCCC(=O)CC(O)CNc1nc(NC)n[nH]1)(OCC)OCC. The lowest BCUT2D eigenvalue weighted by Gasteiger charge is -2.28. The molecule has 156 valence electrons. The van der Waals surface area contributed by atoms with E-state index < -0.39 is 14.9 Å². The first-order valence-electron chi connectivity index (χ1n) is 9.44. The van der Waals surface area contributed by atoms with Crippen LogP contribution in [0.1, 0.15) is 40.0 Å². The minimum Gasteiger partial charge on any atom is -0.391 e. The van der Waals surface area contributed by atoms with E-state index in [4.69, 9.17) is 13.3 Å². The minimum atomic E-state index is -2.72. The number of hydrogen-bond donors (Lipinski definition) is 4. The van der Waals surface area contributed by atoms with Crippen LogP contribution >= 0.6 is 0 Å². The van der Waals surface area contributed by atoms with Crippen molar-refractivity contribution in [3.05, 3.63) is 0 Å². The molecule has 27 heavy (non-hydrogen) atoms. The van der Waals surface area contributed by atoms with E-state index in [0.717, 1.165) is 0 Å². The van der Waals surface area contributed by atoms with Crippen LogP contribution in [0, 0.1) is 0 Å². The molecule has 1 aromatic rings. The Morgan fingerprint density at radius 1 is 1.22 bits per heavy atom. The lowest BCUT2D eigenvalue weighted by molar-refractivity contribution is -0.120. The molecular formula is C16H33N5O5Si. The fourth-order valence-electron chi connectivity index (χ4n) is 2.61. The maximum absolute atomic E-state index is 12.1. The quantitative estimate of drug-likeness (QED) is 0.303. The average Bonchev–Trinajstić information content (AvgIpc) is 3.09. The van der Waals surface area contributed by atoms with Gasteiger partial charge in [-0.15, -0.1) is 5.10 Å². The van der Waals surface area contributed by atoms with Gasteiger partial charge < -0.3 is 29.0 Å². The van der Waals surface area contributed by atoms with E-state index >= 15 is 0 Å². The normalized spacial score (nSPS) is 12.8. The van der Waals surface area contributed by atoms with Crippen LogP contribution < -0.4 is 10.6 Å².